The predicted molar refractivity (Wildman–Crippen MR) is 316 cm³/mol. The molecular formula is C67H76BClN2OS. The molecule has 0 fully saturated rings. The molecule has 0 spiro atoms. The van der Waals surface area contributed by atoms with Gasteiger partial charge in [-0.3, -0.25) is 4.90 Å². The van der Waals surface area contributed by atoms with Gasteiger partial charge in [0.25, 0.3) is 6.71 Å². The molecule has 0 amide bonds. The van der Waals surface area contributed by atoms with Crippen LogP contribution < -0.4 is 25.5 Å². The molecule has 5 aromatic carbocycles. The topological polar surface area (TPSA) is 19.6 Å². The summed E-state index contributed by atoms with van der Waals surface area (Å²) in [6.07, 6.45) is 9.33. The lowest BCUT2D eigenvalue weighted by molar-refractivity contribution is 0.331. The summed E-state index contributed by atoms with van der Waals surface area (Å²) in [5, 5.41) is 3.44. The molecule has 7 aromatic rings. The molecule has 5 heterocycles. The van der Waals surface area contributed by atoms with Gasteiger partial charge < -0.3 is 9.32 Å². The van der Waals surface area contributed by atoms with Crippen molar-refractivity contribution in [3.05, 3.63) is 110 Å². The first-order chi connectivity index (χ1) is 33.9. The van der Waals surface area contributed by atoms with Crippen molar-refractivity contribution in [1.82, 2.24) is 0 Å². The molecule has 0 atom stereocenters. The van der Waals surface area contributed by atoms with E-state index in [1.807, 2.05) is 0 Å². The molecule has 0 radical (unpaired) electrons. The minimum atomic E-state index is -0.0649. The molecule has 2 aromatic heterocycles. The third-order valence-electron chi connectivity index (χ3n) is 21.2. The standard InChI is InChI=1S/C67H76BClN2OS/c1-35-26-39-42(63(8,9)21-18-60(39,2)3)31-46(35)71-49-28-36(69)27-48-56(49)68(55-38-30-41-44(33-50(38)72-59(55)71)65(12,13)23-20-62(41,6)7)58-57-53-51(73-58)34-45-54(67(16,17)25-24-66(45,14)15)52(53)37-29-40-43(32-47(37)70(48)57)64(10,11)22-19-61(40,4)5/h26-34H,18-25H2,1-17H3. The highest BCUT2D eigenvalue weighted by Crippen LogP contribution is 2.63. The van der Waals surface area contributed by atoms with Crippen LogP contribution in [0.4, 0.5) is 34.3 Å². The van der Waals surface area contributed by atoms with Gasteiger partial charge >= 0.3 is 0 Å². The molecular weight excluding hydrogens is 927 g/mol. The summed E-state index contributed by atoms with van der Waals surface area (Å²) in [4.78, 5) is 5.27. The quantitative estimate of drug-likeness (QED) is 0.153. The van der Waals surface area contributed by atoms with Gasteiger partial charge in [-0.1, -0.05) is 128 Å². The number of anilines is 6. The average Bonchev–Trinajstić information content (AvgIpc) is 3.88. The van der Waals surface area contributed by atoms with E-state index in [4.69, 9.17) is 16.0 Å². The van der Waals surface area contributed by atoms with Crippen molar-refractivity contribution in [3.8, 4) is 11.1 Å². The molecule has 0 saturated carbocycles. The van der Waals surface area contributed by atoms with Gasteiger partial charge in [0.2, 0.25) is 5.88 Å². The number of benzene rings is 5. The number of hydrogen-bond donors (Lipinski definition) is 0. The van der Waals surface area contributed by atoms with E-state index in [0.29, 0.717) is 0 Å². The number of fused-ring (bicyclic) bond motifs is 14. The Morgan fingerprint density at radius 1 is 0.479 bits per heavy atom. The highest BCUT2D eigenvalue weighted by molar-refractivity contribution is 7.34. The van der Waals surface area contributed by atoms with Crippen molar-refractivity contribution >= 4 is 101 Å². The monoisotopic (exact) mass is 1000 g/mol. The summed E-state index contributed by atoms with van der Waals surface area (Å²) in [5.74, 6) is 0.948. The number of furan rings is 1. The maximum atomic E-state index is 7.74. The summed E-state index contributed by atoms with van der Waals surface area (Å²) in [6, 6.07) is 22.8. The summed E-state index contributed by atoms with van der Waals surface area (Å²) >= 11 is 9.81. The summed E-state index contributed by atoms with van der Waals surface area (Å²) in [7, 11) is 0. The molecule has 3 aliphatic heterocycles. The lowest BCUT2D eigenvalue weighted by atomic mass is 9.36. The van der Waals surface area contributed by atoms with E-state index in [9.17, 15) is 0 Å². The van der Waals surface area contributed by atoms with Crippen LogP contribution in [0.25, 0.3) is 32.2 Å². The largest absolute Gasteiger partial charge is 0.440 e. The Labute approximate surface area is 445 Å². The smallest absolute Gasteiger partial charge is 0.269 e. The molecule has 0 bridgehead atoms. The number of thiophene rings is 1. The first-order valence-electron chi connectivity index (χ1n) is 28.0. The highest BCUT2D eigenvalue weighted by atomic mass is 35.5. The average molecular weight is 1000 g/mol. The second-order valence-corrected chi connectivity index (χ2v) is 31.2. The van der Waals surface area contributed by atoms with E-state index in [0.717, 1.165) is 41.4 Å². The Bertz CT molecular complexity index is 3700. The number of aryl methyl sites for hydroxylation is 1. The summed E-state index contributed by atoms with van der Waals surface area (Å²) < 4.78 is 10.5. The van der Waals surface area contributed by atoms with Crippen LogP contribution >= 0.6 is 22.9 Å². The molecule has 4 aliphatic carbocycles. The molecule has 0 N–H and O–H groups in total. The van der Waals surface area contributed by atoms with Crippen LogP contribution in [-0.4, -0.2) is 6.71 Å². The van der Waals surface area contributed by atoms with Crippen molar-refractivity contribution in [3.63, 3.8) is 0 Å². The van der Waals surface area contributed by atoms with Crippen LogP contribution in [0.15, 0.2) is 59.0 Å². The van der Waals surface area contributed by atoms with Crippen molar-refractivity contribution in [2.45, 2.75) is 212 Å². The minimum absolute atomic E-state index is 0.00579. The zero-order valence-corrected chi connectivity index (χ0v) is 48.6. The van der Waals surface area contributed by atoms with Crippen LogP contribution in [0.1, 0.15) is 212 Å². The minimum Gasteiger partial charge on any atom is -0.440 e. The van der Waals surface area contributed by atoms with Crippen molar-refractivity contribution < 1.29 is 4.42 Å². The fraction of sp³-hybridized carbons (Fsp3) is 0.493. The second-order valence-electron chi connectivity index (χ2n) is 29.7. The maximum absolute atomic E-state index is 7.74. The third-order valence-corrected chi connectivity index (χ3v) is 22.6. The number of rotatable bonds is 1. The highest BCUT2D eigenvalue weighted by Gasteiger charge is 2.53. The molecule has 0 unspecified atom stereocenters. The van der Waals surface area contributed by atoms with Crippen LogP contribution in [-0.2, 0) is 43.3 Å². The second kappa shape index (κ2) is 13.9. The van der Waals surface area contributed by atoms with Crippen molar-refractivity contribution in [2.24, 2.45) is 0 Å². The first-order valence-corrected chi connectivity index (χ1v) is 29.2. The lowest BCUT2D eigenvalue weighted by Gasteiger charge is -2.48. The van der Waals surface area contributed by atoms with Crippen molar-refractivity contribution in [1.29, 1.82) is 0 Å². The predicted octanol–water partition coefficient (Wildman–Crippen LogP) is 18.1. The Kier molecular flexibility index (Phi) is 8.98. The normalized spacial score (nSPS) is 22.7. The molecule has 376 valence electrons. The van der Waals surface area contributed by atoms with Crippen LogP contribution in [0.3, 0.4) is 0 Å². The van der Waals surface area contributed by atoms with Gasteiger partial charge in [0.15, 0.2) is 0 Å². The van der Waals surface area contributed by atoms with Crippen molar-refractivity contribution in [2.75, 3.05) is 9.80 Å². The van der Waals surface area contributed by atoms with E-state index in [2.05, 4.69) is 193 Å². The van der Waals surface area contributed by atoms with Gasteiger partial charge in [0.05, 0.1) is 17.1 Å². The Balaban J connectivity index is 1.16. The van der Waals surface area contributed by atoms with Gasteiger partial charge in [-0.2, -0.15) is 0 Å². The lowest BCUT2D eigenvalue weighted by Crippen LogP contribution is -2.60. The SMILES string of the molecule is Cc1cc2c(cc1N1c3cc(Cl)cc4c3B(c3sc5cc6c(c7c5c3N4c3cc4c(cc3-7)C(C)(C)CCC4(C)C)C(C)(C)CCC6(C)C)c3c1oc1cc4c(cc31)C(C)(C)CCC4(C)C)C(C)(C)CCC2(C)C. The Hall–Kier alpha value is -4.45. The molecule has 14 rings (SSSR count). The molecule has 3 nitrogen and oxygen atoms in total. The van der Waals surface area contributed by atoms with E-state index in [1.165, 1.54) is 142 Å². The van der Waals surface area contributed by atoms with Gasteiger partial charge in [0.1, 0.15) is 5.58 Å². The van der Waals surface area contributed by atoms with Gasteiger partial charge in [-0.15, -0.1) is 11.3 Å². The zero-order valence-electron chi connectivity index (χ0n) is 47.0. The Morgan fingerprint density at radius 3 is 1.52 bits per heavy atom. The number of nitrogens with zero attached hydrogens (tertiary/aromatic N) is 2. The fourth-order valence-electron chi connectivity index (χ4n) is 16.0. The van der Waals surface area contributed by atoms with E-state index >= 15 is 0 Å². The van der Waals surface area contributed by atoms with E-state index in [-0.39, 0.29) is 50.0 Å². The molecule has 7 aliphatic rings. The van der Waals surface area contributed by atoms with Gasteiger partial charge in [-0.25, -0.2) is 0 Å². The van der Waals surface area contributed by atoms with Crippen LogP contribution in [0.5, 0.6) is 0 Å². The summed E-state index contributed by atoms with van der Waals surface area (Å²) in [5.41, 5.74) is 26.3. The van der Waals surface area contributed by atoms with Crippen LogP contribution in [0, 0.1) is 6.92 Å². The van der Waals surface area contributed by atoms with E-state index in [1.54, 1.807) is 5.56 Å². The maximum Gasteiger partial charge on any atom is 0.269 e. The first kappa shape index (κ1) is 47.0. The van der Waals surface area contributed by atoms with Crippen LogP contribution in [0.2, 0.25) is 5.02 Å². The Morgan fingerprint density at radius 2 is 0.945 bits per heavy atom. The summed E-state index contributed by atoms with van der Waals surface area (Å²) in [6.45, 7) is 42.0. The van der Waals surface area contributed by atoms with E-state index < -0.39 is 0 Å². The molecule has 6 heteroatoms. The number of hydrogen-bond acceptors (Lipinski definition) is 4. The molecule has 73 heavy (non-hydrogen) atoms. The number of halogens is 1. The fourth-order valence-corrected chi connectivity index (χ4v) is 17.6. The molecule has 0 saturated heterocycles. The zero-order chi connectivity index (χ0) is 51.6. The van der Waals surface area contributed by atoms with Gasteiger partial charge in [0, 0.05) is 47.7 Å². The van der Waals surface area contributed by atoms with Gasteiger partial charge in [-0.05, 0) is 211 Å². The third kappa shape index (κ3) is 6.02.